The summed E-state index contributed by atoms with van der Waals surface area (Å²) in [6, 6.07) is 9.28. The Balaban J connectivity index is 1.47. The molecule has 1 amide bonds. The minimum Gasteiger partial charge on any atom is -0.342 e. The SMILES string of the molecule is CC(Cc1cccs1)C(=O)N1CCC(c2cc(=O)[nH]c(-c3ccncc3)n2)C1. The van der Waals surface area contributed by atoms with Gasteiger partial charge in [-0.25, -0.2) is 4.98 Å². The molecule has 0 radical (unpaired) electrons. The van der Waals surface area contributed by atoms with Crippen LogP contribution < -0.4 is 5.56 Å². The Kier molecular flexibility index (Phi) is 5.34. The lowest BCUT2D eigenvalue weighted by molar-refractivity contribution is -0.133. The fraction of sp³-hybridized carbons (Fsp3) is 0.333. The van der Waals surface area contributed by atoms with Gasteiger partial charge in [-0.1, -0.05) is 13.0 Å². The second-order valence-corrected chi connectivity index (χ2v) is 8.24. The van der Waals surface area contributed by atoms with Crippen LogP contribution in [0, 0.1) is 5.92 Å². The number of likely N-dealkylation sites (tertiary alicyclic amines) is 1. The number of hydrogen-bond donors (Lipinski definition) is 1. The molecule has 144 valence electrons. The first-order chi connectivity index (χ1) is 13.6. The quantitative estimate of drug-likeness (QED) is 0.721. The third-order valence-corrected chi connectivity index (χ3v) is 6.04. The number of nitrogens with zero attached hydrogens (tertiary/aromatic N) is 3. The van der Waals surface area contributed by atoms with Crippen LogP contribution in [0.15, 0.2) is 52.9 Å². The van der Waals surface area contributed by atoms with E-state index in [1.54, 1.807) is 29.8 Å². The number of nitrogens with one attached hydrogen (secondary N) is 1. The maximum Gasteiger partial charge on any atom is 0.251 e. The summed E-state index contributed by atoms with van der Waals surface area (Å²) in [6.45, 7) is 3.31. The lowest BCUT2D eigenvalue weighted by Gasteiger charge is -2.20. The van der Waals surface area contributed by atoms with Gasteiger partial charge >= 0.3 is 0 Å². The first-order valence-corrected chi connectivity index (χ1v) is 10.3. The fourth-order valence-corrected chi connectivity index (χ4v) is 4.50. The Labute approximate surface area is 167 Å². The van der Waals surface area contributed by atoms with Gasteiger partial charge in [0.15, 0.2) is 0 Å². The molecule has 0 spiro atoms. The van der Waals surface area contributed by atoms with Gasteiger partial charge in [-0.05, 0) is 36.4 Å². The molecule has 4 rings (SSSR count). The van der Waals surface area contributed by atoms with Gasteiger partial charge in [0.25, 0.3) is 5.56 Å². The van der Waals surface area contributed by atoms with E-state index in [2.05, 4.69) is 21.0 Å². The van der Waals surface area contributed by atoms with E-state index in [-0.39, 0.29) is 23.3 Å². The Morgan fingerprint density at radius 1 is 1.36 bits per heavy atom. The molecule has 1 fully saturated rings. The summed E-state index contributed by atoms with van der Waals surface area (Å²) < 4.78 is 0. The van der Waals surface area contributed by atoms with Crippen molar-refractivity contribution in [1.29, 1.82) is 0 Å². The lowest BCUT2D eigenvalue weighted by Crippen LogP contribution is -2.34. The number of thiophene rings is 1. The van der Waals surface area contributed by atoms with Crippen LogP contribution in [0.1, 0.15) is 29.8 Å². The van der Waals surface area contributed by atoms with E-state index in [4.69, 9.17) is 0 Å². The van der Waals surface area contributed by atoms with Crippen LogP contribution in [-0.4, -0.2) is 38.8 Å². The zero-order valence-electron chi connectivity index (χ0n) is 15.7. The number of aromatic nitrogens is 3. The lowest BCUT2D eigenvalue weighted by atomic mass is 10.0. The summed E-state index contributed by atoms with van der Waals surface area (Å²) in [5.41, 5.74) is 1.40. The van der Waals surface area contributed by atoms with E-state index in [0.29, 0.717) is 18.9 Å². The van der Waals surface area contributed by atoms with Gasteiger partial charge in [0.05, 0.1) is 5.69 Å². The van der Waals surface area contributed by atoms with Crippen molar-refractivity contribution in [2.75, 3.05) is 13.1 Å². The monoisotopic (exact) mass is 394 g/mol. The van der Waals surface area contributed by atoms with E-state index < -0.39 is 0 Å². The summed E-state index contributed by atoms with van der Waals surface area (Å²) in [4.78, 5) is 39.6. The van der Waals surface area contributed by atoms with Crippen LogP contribution in [-0.2, 0) is 11.2 Å². The number of amides is 1. The molecule has 3 aromatic heterocycles. The van der Waals surface area contributed by atoms with Crippen molar-refractivity contribution >= 4 is 17.2 Å². The molecule has 7 heteroatoms. The van der Waals surface area contributed by atoms with Crippen molar-refractivity contribution in [1.82, 2.24) is 19.9 Å². The van der Waals surface area contributed by atoms with Crippen LogP contribution in [0.4, 0.5) is 0 Å². The summed E-state index contributed by atoms with van der Waals surface area (Å²) in [6.07, 6.45) is 4.94. The van der Waals surface area contributed by atoms with Gasteiger partial charge in [-0.15, -0.1) is 11.3 Å². The Hall–Kier alpha value is -2.80. The maximum absolute atomic E-state index is 12.8. The molecule has 0 aliphatic carbocycles. The number of H-pyrrole nitrogens is 1. The number of aromatic amines is 1. The first-order valence-electron chi connectivity index (χ1n) is 9.43. The molecule has 28 heavy (non-hydrogen) atoms. The Bertz CT molecular complexity index is 1000. The number of carbonyl (C=O) groups excluding carboxylic acids is 1. The first kappa shape index (κ1) is 18.6. The van der Waals surface area contributed by atoms with Crippen molar-refractivity contribution in [3.05, 3.63) is 69.0 Å². The van der Waals surface area contributed by atoms with Crippen LogP contribution in [0.3, 0.4) is 0 Å². The van der Waals surface area contributed by atoms with Crippen molar-refractivity contribution in [2.45, 2.75) is 25.7 Å². The summed E-state index contributed by atoms with van der Waals surface area (Å²) in [5.74, 6) is 0.758. The van der Waals surface area contributed by atoms with Crippen LogP contribution >= 0.6 is 11.3 Å². The second kappa shape index (κ2) is 8.06. The van der Waals surface area contributed by atoms with Gasteiger partial charge in [0.1, 0.15) is 5.82 Å². The van der Waals surface area contributed by atoms with E-state index >= 15 is 0 Å². The molecule has 3 aromatic rings. The Morgan fingerprint density at radius 3 is 2.93 bits per heavy atom. The van der Waals surface area contributed by atoms with Crippen molar-refractivity contribution in [2.24, 2.45) is 5.92 Å². The van der Waals surface area contributed by atoms with Gasteiger partial charge in [0, 0.05) is 53.8 Å². The predicted molar refractivity (Wildman–Crippen MR) is 109 cm³/mol. The highest BCUT2D eigenvalue weighted by atomic mass is 32.1. The minimum absolute atomic E-state index is 0.0445. The average Bonchev–Trinajstić information content (AvgIpc) is 3.40. The number of rotatable bonds is 5. The van der Waals surface area contributed by atoms with Gasteiger partial charge < -0.3 is 9.88 Å². The van der Waals surface area contributed by atoms with Gasteiger partial charge in [0.2, 0.25) is 5.91 Å². The molecular weight excluding hydrogens is 372 g/mol. The molecule has 0 aromatic carbocycles. The standard InChI is InChI=1S/C21H22N4O2S/c1-14(11-17-3-2-10-28-17)21(27)25-9-6-16(13-25)18-12-19(26)24-20(23-18)15-4-7-22-8-5-15/h2-5,7-8,10,12,14,16H,6,9,11,13H2,1H3,(H,23,24,26). The van der Waals surface area contributed by atoms with Crippen molar-refractivity contribution in [3.8, 4) is 11.4 Å². The molecule has 2 atom stereocenters. The summed E-state index contributed by atoms with van der Waals surface area (Å²) >= 11 is 1.69. The summed E-state index contributed by atoms with van der Waals surface area (Å²) in [7, 11) is 0. The predicted octanol–water partition coefficient (Wildman–Crippen LogP) is 3.09. The number of pyridine rings is 1. The zero-order valence-corrected chi connectivity index (χ0v) is 16.5. The molecule has 1 saturated heterocycles. The zero-order chi connectivity index (χ0) is 19.5. The van der Waals surface area contributed by atoms with Crippen LogP contribution in [0.2, 0.25) is 0 Å². The molecule has 1 aliphatic rings. The highest BCUT2D eigenvalue weighted by Crippen LogP contribution is 2.28. The smallest absolute Gasteiger partial charge is 0.251 e. The van der Waals surface area contributed by atoms with Crippen LogP contribution in [0.25, 0.3) is 11.4 Å². The average molecular weight is 395 g/mol. The molecule has 0 bridgehead atoms. The molecule has 4 heterocycles. The molecule has 1 N–H and O–H groups in total. The fourth-order valence-electron chi connectivity index (χ4n) is 3.66. The molecule has 2 unspecified atom stereocenters. The van der Waals surface area contributed by atoms with E-state index in [1.807, 2.05) is 35.4 Å². The maximum atomic E-state index is 12.8. The number of hydrogen-bond acceptors (Lipinski definition) is 5. The topological polar surface area (TPSA) is 79.0 Å². The minimum atomic E-state index is -0.173. The third-order valence-electron chi connectivity index (χ3n) is 5.14. The normalized spacial score (nSPS) is 17.6. The third kappa shape index (κ3) is 4.04. The van der Waals surface area contributed by atoms with Gasteiger partial charge in [-0.3, -0.25) is 14.6 Å². The largest absolute Gasteiger partial charge is 0.342 e. The van der Waals surface area contributed by atoms with E-state index in [1.165, 1.54) is 4.88 Å². The second-order valence-electron chi connectivity index (χ2n) is 7.21. The van der Waals surface area contributed by atoms with Crippen LogP contribution in [0.5, 0.6) is 0 Å². The van der Waals surface area contributed by atoms with Gasteiger partial charge in [-0.2, -0.15) is 0 Å². The van der Waals surface area contributed by atoms with Crippen molar-refractivity contribution in [3.63, 3.8) is 0 Å². The molecule has 1 aliphatic heterocycles. The Morgan fingerprint density at radius 2 is 2.18 bits per heavy atom. The highest BCUT2D eigenvalue weighted by molar-refractivity contribution is 7.09. The van der Waals surface area contributed by atoms with E-state index in [9.17, 15) is 9.59 Å². The van der Waals surface area contributed by atoms with Crippen molar-refractivity contribution < 1.29 is 4.79 Å². The number of carbonyl (C=O) groups is 1. The summed E-state index contributed by atoms with van der Waals surface area (Å²) in [5, 5.41) is 2.04. The highest BCUT2D eigenvalue weighted by Gasteiger charge is 2.31. The molecular formula is C21H22N4O2S. The molecule has 6 nitrogen and oxygen atoms in total. The molecule has 0 saturated carbocycles. The van der Waals surface area contributed by atoms with E-state index in [0.717, 1.165) is 24.1 Å².